The first-order valence-corrected chi connectivity index (χ1v) is 39.5. The van der Waals surface area contributed by atoms with Crippen molar-refractivity contribution in [3.63, 3.8) is 0 Å². The summed E-state index contributed by atoms with van der Waals surface area (Å²) in [6, 6.07) is 49.9. The first kappa shape index (κ1) is 87.2. The molecule has 18 nitrogen and oxygen atoms in total. The Kier molecular flexibility index (Phi) is 31.8. The number of halogens is 4. The van der Waals surface area contributed by atoms with Gasteiger partial charge in [0.25, 0.3) is 14.8 Å². The lowest BCUT2D eigenvalue weighted by Crippen LogP contribution is -2.36. The van der Waals surface area contributed by atoms with Crippen LogP contribution in [0.1, 0.15) is 207 Å². The summed E-state index contributed by atoms with van der Waals surface area (Å²) in [4.78, 5) is 87.7. The maximum absolute atomic E-state index is 12.1. The quantitative estimate of drug-likeness (QED) is 0.0146. The van der Waals surface area contributed by atoms with Crippen LogP contribution in [0, 0.1) is 0 Å². The highest BCUT2D eigenvalue weighted by atomic mass is 35.5. The van der Waals surface area contributed by atoms with Crippen molar-refractivity contribution in [2.45, 2.75) is 185 Å². The molecule has 9 aromatic rings. The monoisotopic (exact) mass is 1590 g/mol. The summed E-state index contributed by atoms with van der Waals surface area (Å²) in [5.74, 6) is 2.59. The number of aromatic nitrogens is 6. The zero-order valence-corrected chi connectivity index (χ0v) is 64.5. The molecule has 6 aromatic carbocycles. The lowest BCUT2D eigenvalue weighted by atomic mass is 9.84. The van der Waals surface area contributed by atoms with Crippen LogP contribution in [0.5, 0.6) is 0 Å². The number of hydrogen-bond donors (Lipinski definition) is 5. The van der Waals surface area contributed by atoms with Gasteiger partial charge in [0.1, 0.15) is 11.6 Å². The number of nitrogens with zero attached hydrogens (tertiary/aromatic N) is 8. The normalized spacial score (nSPS) is 16.7. The molecule has 3 aliphatic heterocycles. The molecule has 2 radical (unpaired) electrons. The van der Waals surface area contributed by atoms with Gasteiger partial charge in [-0.3, -0.25) is 14.4 Å². The van der Waals surface area contributed by atoms with Crippen LogP contribution in [0.3, 0.4) is 0 Å². The molecule has 3 amide bonds. The van der Waals surface area contributed by atoms with Gasteiger partial charge in [0.05, 0.1) is 67.0 Å². The number of carbonyl (C=O) groups is 5. The smallest absolute Gasteiger partial charge is 0.293 e. The summed E-state index contributed by atoms with van der Waals surface area (Å²) >= 11 is 24.8. The van der Waals surface area contributed by atoms with Crippen LogP contribution >= 0.6 is 46.4 Å². The highest BCUT2D eigenvalue weighted by molar-refractivity contribution is 6.64. The van der Waals surface area contributed by atoms with Gasteiger partial charge in [0.15, 0.2) is 0 Å². The number of piperidine rings is 3. The standard InChI is InChI=1S/C29H31BClN4O2.C28H31ClN4O.C16H15Cl2N3O.C12H16BN2O.3CH4/c31-25-18-33-27(17-20-5-7-21(8-6-20)22-11-15-35(16-12-22)30-19-36)34-26(25)10-9-23-3-1-2-4-24(23)29(13-14-29)28(32)37;29-24-18-32-26(17-19-5-7-20(8-6-19)21-11-15-31-16-12-21)33-25(24)10-9-22-3-1-2-4-23(22)28(13-14-28)27(30)34;17-12-9-20-15(18)21-13(12)6-5-10-3-1-2-4-11(10)16(7-8-16)14(19)22;14-12-3-1-10(2-4-12)11-5-7-15(8-6-11)13-9-16;;;/h1-8,18-19,22H,9-17H2,(H2,32,37);1-8,18,21,31H,9-17H2,(H2,30,34);1-4,9H,5-8H2,(H2,19,22);1-4,9,11H,5-8,14H2;3*1H4. The van der Waals surface area contributed by atoms with E-state index in [0.717, 1.165) is 203 Å². The van der Waals surface area contributed by atoms with E-state index in [-0.39, 0.29) is 45.3 Å². The predicted molar refractivity (Wildman–Crippen MR) is 454 cm³/mol. The second-order valence-electron chi connectivity index (χ2n) is 29.6. The summed E-state index contributed by atoms with van der Waals surface area (Å²) in [5.41, 5.74) is 37.4. The number of nitrogens with two attached hydrogens (primary N) is 4. The minimum absolute atomic E-state index is 0. The number of benzene rings is 6. The lowest BCUT2D eigenvalue weighted by molar-refractivity contribution is -0.121. The Hall–Kier alpha value is -8.72. The summed E-state index contributed by atoms with van der Waals surface area (Å²) in [5, 5.41) is 5.25. The molecule has 3 aliphatic carbocycles. The maximum Gasteiger partial charge on any atom is 0.293 e. The summed E-state index contributed by atoms with van der Waals surface area (Å²) in [6.07, 6.45) is 23.8. The summed E-state index contributed by atoms with van der Waals surface area (Å²) in [7, 11) is 3.28. The Morgan fingerprint density at radius 2 is 0.741 bits per heavy atom. The van der Waals surface area contributed by atoms with Gasteiger partial charge in [-0.15, -0.1) is 0 Å². The van der Waals surface area contributed by atoms with Crippen molar-refractivity contribution in [2.24, 2.45) is 17.2 Å². The number of anilines is 1. The first-order valence-electron chi connectivity index (χ1n) is 38.0. The molecule has 9 N–H and O–H groups in total. The Labute approximate surface area is 682 Å². The number of rotatable bonds is 26. The minimum atomic E-state index is -0.506. The van der Waals surface area contributed by atoms with Crippen LogP contribution in [0.15, 0.2) is 164 Å². The van der Waals surface area contributed by atoms with Crippen LogP contribution in [0.2, 0.25) is 20.4 Å². The topological polar surface area (TPSA) is 285 Å². The van der Waals surface area contributed by atoms with Gasteiger partial charge in [-0.2, -0.15) is 0 Å². The van der Waals surface area contributed by atoms with E-state index in [1.54, 1.807) is 27.2 Å². The van der Waals surface area contributed by atoms with E-state index in [4.69, 9.17) is 79.3 Å². The number of nitrogen functional groups attached to an aromatic ring is 1. The molecule has 3 saturated carbocycles. The molecule has 6 aliphatic rings. The average Bonchev–Trinajstić information content (AvgIpc) is 1.61. The molecular weight excluding hydrogens is 1480 g/mol. The molecular formula is C88H105B2Cl4N13O5. The van der Waals surface area contributed by atoms with Crippen molar-refractivity contribution < 1.29 is 24.0 Å². The van der Waals surface area contributed by atoms with Crippen molar-refractivity contribution in [2.75, 3.05) is 45.0 Å². The van der Waals surface area contributed by atoms with E-state index in [2.05, 4.69) is 108 Å². The molecule has 0 spiro atoms. The number of amides is 3. The fourth-order valence-electron chi connectivity index (χ4n) is 15.7. The van der Waals surface area contributed by atoms with Crippen molar-refractivity contribution in [1.82, 2.24) is 44.8 Å². The van der Waals surface area contributed by atoms with Gasteiger partial charge in [0, 0.05) is 30.9 Å². The fourth-order valence-corrected chi connectivity index (χ4v) is 16.4. The Bertz CT molecular complexity index is 4620. The molecule has 6 heterocycles. The van der Waals surface area contributed by atoms with E-state index in [9.17, 15) is 24.0 Å². The number of hydrogen-bond acceptors (Lipinski definition) is 15. The summed E-state index contributed by atoms with van der Waals surface area (Å²) in [6.45, 7) is 5.96. The molecule has 24 heteroatoms. The SMILES string of the molecule is C.C.C.NC(=O)C1(c2ccccc2CCc2nc(Cc3ccc(C4CCN([B]C=O)CC4)cc3)ncc2Cl)CC1.NC(=O)C1(c2ccccc2CCc2nc(Cc3ccc(C4CCNCC4)cc3)ncc2Cl)CC1.NC(=O)C1(c2ccccc2CCc2nc(Cl)ncc2Cl)CC1.Nc1ccc(C2CCN([B]C=O)CC2)cc1. The highest BCUT2D eigenvalue weighted by Crippen LogP contribution is 2.51. The van der Waals surface area contributed by atoms with E-state index in [1.165, 1.54) is 41.3 Å². The van der Waals surface area contributed by atoms with Gasteiger partial charge in [0.2, 0.25) is 23.0 Å². The number of carbonyl (C=O) groups excluding carboxylic acids is 5. The molecule has 586 valence electrons. The molecule has 3 saturated heterocycles. The van der Waals surface area contributed by atoms with Crippen LogP contribution in [0.4, 0.5) is 5.69 Å². The van der Waals surface area contributed by atoms with Crippen molar-refractivity contribution in [3.8, 4) is 0 Å². The third kappa shape index (κ3) is 22.4. The Morgan fingerprint density at radius 3 is 1.07 bits per heavy atom. The van der Waals surface area contributed by atoms with E-state index >= 15 is 0 Å². The first-order chi connectivity index (χ1) is 52.8. The van der Waals surface area contributed by atoms with Gasteiger partial charge < -0.3 is 47.5 Å². The van der Waals surface area contributed by atoms with E-state index < -0.39 is 16.2 Å². The number of nitrogens with one attached hydrogen (secondary N) is 1. The van der Waals surface area contributed by atoms with Crippen LogP contribution < -0.4 is 28.3 Å². The lowest BCUT2D eigenvalue weighted by Gasteiger charge is -2.30. The zero-order valence-electron chi connectivity index (χ0n) is 61.5. The maximum atomic E-state index is 12.1. The second kappa shape index (κ2) is 40.8. The van der Waals surface area contributed by atoms with E-state index in [1.807, 2.05) is 72.8 Å². The fraction of sp³-hybridized carbons (Fsp3) is 0.398. The number of aryl methyl sites for hydroxylation is 6. The average molecular weight is 1590 g/mol. The zero-order chi connectivity index (χ0) is 76.5. The largest absolute Gasteiger partial charge is 0.399 e. The van der Waals surface area contributed by atoms with Crippen LogP contribution in [-0.2, 0) is 91.6 Å². The predicted octanol–water partition coefficient (Wildman–Crippen LogP) is 14.8. The molecule has 112 heavy (non-hydrogen) atoms. The minimum Gasteiger partial charge on any atom is -0.399 e. The molecule has 15 rings (SSSR count). The van der Waals surface area contributed by atoms with Gasteiger partial charge in [-0.25, -0.2) is 29.9 Å². The molecule has 3 aromatic heterocycles. The van der Waals surface area contributed by atoms with Crippen LogP contribution in [-0.4, -0.2) is 124 Å². The summed E-state index contributed by atoms with van der Waals surface area (Å²) < 4.78 is 0. The van der Waals surface area contributed by atoms with E-state index in [0.29, 0.717) is 70.6 Å². The molecule has 0 bridgehead atoms. The second-order valence-corrected chi connectivity index (χ2v) is 31.2. The van der Waals surface area contributed by atoms with Crippen LogP contribution in [0.25, 0.3) is 0 Å². The molecule has 0 atom stereocenters. The van der Waals surface area contributed by atoms with Crippen molar-refractivity contribution in [3.05, 3.63) is 274 Å². The Morgan fingerprint density at radius 1 is 0.429 bits per heavy atom. The van der Waals surface area contributed by atoms with Gasteiger partial charge in [-0.05, 0) is 258 Å². The third-order valence-corrected chi connectivity index (χ3v) is 23.8. The third-order valence-electron chi connectivity index (χ3n) is 22.7. The number of primary amides is 3. The van der Waals surface area contributed by atoms with Crippen molar-refractivity contribution in [1.29, 1.82) is 0 Å². The van der Waals surface area contributed by atoms with Gasteiger partial charge >= 0.3 is 0 Å². The highest BCUT2D eigenvalue weighted by Gasteiger charge is 2.53. The van der Waals surface area contributed by atoms with Crippen molar-refractivity contribution >= 4 is 97.0 Å². The molecule has 6 fully saturated rings. The molecule has 0 unspecified atom stereocenters. The Balaban J connectivity index is 0.000000177. The van der Waals surface area contributed by atoms with Gasteiger partial charge in [-0.1, -0.05) is 191 Å².